The lowest BCUT2D eigenvalue weighted by atomic mass is 9.97. The van der Waals surface area contributed by atoms with Gasteiger partial charge in [-0.25, -0.2) is 8.78 Å². The number of hydrogen-bond acceptors (Lipinski definition) is 4. The van der Waals surface area contributed by atoms with Gasteiger partial charge >= 0.3 is 0 Å². The molecule has 0 amide bonds. The topological polar surface area (TPSA) is 72.3 Å². The fraction of sp³-hybridized carbons (Fsp3) is 0.364. The molecule has 1 unspecified atom stereocenters. The molecule has 214 valence electrons. The van der Waals surface area contributed by atoms with E-state index in [-0.39, 0.29) is 11.6 Å². The number of fused-ring (bicyclic) bond motifs is 3. The maximum absolute atomic E-state index is 15.6. The van der Waals surface area contributed by atoms with Crippen molar-refractivity contribution >= 4 is 21.7 Å². The molecule has 2 aromatic heterocycles. The highest BCUT2D eigenvalue weighted by Crippen LogP contribution is 2.41. The average molecular weight is 560 g/mol. The van der Waals surface area contributed by atoms with Crippen LogP contribution in [0.25, 0.3) is 32.8 Å². The Morgan fingerprint density at radius 2 is 1.88 bits per heavy atom. The summed E-state index contributed by atoms with van der Waals surface area (Å²) in [5.41, 5.74) is 4.56. The van der Waals surface area contributed by atoms with Gasteiger partial charge < -0.3 is 19.6 Å². The molecule has 2 N–H and O–H groups in total. The van der Waals surface area contributed by atoms with E-state index in [2.05, 4.69) is 10.1 Å². The average Bonchev–Trinajstić information content (AvgIpc) is 3.59. The van der Waals surface area contributed by atoms with E-state index in [1.54, 1.807) is 12.1 Å². The largest absolute Gasteiger partial charge is 0.493 e. The number of aliphatic hydroxyl groups excluding tert-OH is 1. The molecule has 1 aliphatic heterocycles. The van der Waals surface area contributed by atoms with Crippen molar-refractivity contribution in [3.63, 3.8) is 0 Å². The molecule has 0 aliphatic carbocycles. The minimum atomic E-state index is -1.22. The van der Waals surface area contributed by atoms with Gasteiger partial charge in [-0.1, -0.05) is 12.1 Å². The Morgan fingerprint density at radius 1 is 1.07 bits per heavy atom. The molecule has 0 radical (unpaired) electrons. The Hall–Kier alpha value is -3.75. The van der Waals surface area contributed by atoms with Crippen LogP contribution >= 0.6 is 0 Å². The molecular weight excluding hydrogens is 524 g/mol. The van der Waals surface area contributed by atoms with Crippen molar-refractivity contribution in [2.24, 2.45) is 0 Å². The molecule has 0 bridgehead atoms. The molecule has 0 saturated heterocycles. The van der Waals surface area contributed by atoms with Crippen molar-refractivity contribution in [1.29, 1.82) is 0 Å². The molecule has 3 heterocycles. The van der Waals surface area contributed by atoms with Crippen LogP contribution in [0.1, 0.15) is 62.5 Å². The van der Waals surface area contributed by atoms with E-state index in [4.69, 9.17) is 9.47 Å². The number of nitrogens with zero attached hydrogens (tertiary/aromatic N) is 2. The van der Waals surface area contributed by atoms with E-state index in [9.17, 15) is 9.50 Å². The Bertz CT molecular complexity index is 1750. The molecule has 3 aromatic carbocycles. The van der Waals surface area contributed by atoms with Gasteiger partial charge in [-0.3, -0.25) is 4.68 Å². The van der Waals surface area contributed by atoms with Crippen LogP contribution in [-0.4, -0.2) is 32.1 Å². The van der Waals surface area contributed by atoms with E-state index in [0.717, 1.165) is 58.1 Å². The number of benzene rings is 3. The van der Waals surface area contributed by atoms with Gasteiger partial charge in [0.2, 0.25) is 0 Å². The zero-order valence-corrected chi connectivity index (χ0v) is 23.9. The summed E-state index contributed by atoms with van der Waals surface area (Å²) in [6, 6.07) is 13.5. The predicted octanol–water partition coefficient (Wildman–Crippen LogP) is 7.54. The lowest BCUT2D eigenvalue weighted by Gasteiger charge is -2.24. The summed E-state index contributed by atoms with van der Waals surface area (Å²) < 4.78 is 43.3. The van der Waals surface area contributed by atoms with Gasteiger partial charge in [0.05, 0.1) is 29.1 Å². The van der Waals surface area contributed by atoms with E-state index in [1.807, 2.05) is 50.6 Å². The number of H-pyrrole nitrogens is 1. The second-order valence-corrected chi connectivity index (χ2v) is 11.8. The van der Waals surface area contributed by atoms with Crippen molar-refractivity contribution in [2.45, 2.75) is 71.8 Å². The zero-order chi connectivity index (χ0) is 28.9. The molecule has 5 aromatic rings. The number of rotatable bonds is 8. The quantitative estimate of drug-likeness (QED) is 0.152. The smallest absolute Gasteiger partial charge is 0.197 e. The Kier molecular flexibility index (Phi) is 7.08. The first kappa shape index (κ1) is 27.4. The maximum Gasteiger partial charge on any atom is 0.197 e. The molecule has 41 heavy (non-hydrogen) atoms. The van der Waals surface area contributed by atoms with E-state index < -0.39 is 11.9 Å². The van der Waals surface area contributed by atoms with Crippen molar-refractivity contribution < 1.29 is 23.4 Å². The summed E-state index contributed by atoms with van der Waals surface area (Å²) in [6.07, 6.45) is 1.81. The number of ether oxygens (including phenoxy) is 2. The van der Waals surface area contributed by atoms with Crippen LogP contribution in [0.15, 0.2) is 48.5 Å². The number of aryl methyl sites for hydroxylation is 3. The van der Waals surface area contributed by atoms with E-state index >= 15 is 4.39 Å². The number of aliphatic hydroxyl groups is 1. The highest BCUT2D eigenvalue weighted by Gasteiger charge is 2.29. The Morgan fingerprint density at radius 3 is 2.68 bits per heavy atom. The highest BCUT2D eigenvalue weighted by molar-refractivity contribution is 5.98. The third kappa shape index (κ3) is 5.22. The second-order valence-electron chi connectivity index (χ2n) is 11.8. The lowest BCUT2D eigenvalue weighted by molar-refractivity contribution is -0.171. The number of nitrogens with one attached hydrogen (secondary N) is 1. The summed E-state index contributed by atoms with van der Waals surface area (Å²) in [4.78, 5) is 3.36. The maximum atomic E-state index is 15.6. The van der Waals surface area contributed by atoms with Gasteiger partial charge in [0.25, 0.3) is 0 Å². The lowest BCUT2D eigenvalue weighted by Crippen LogP contribution is -2.23. The van der Waals surface area contributed by atoms with Crippen molar-refractivity contribution in [1.82, 2.24) is 14.8 Å². The fourth-order valence-electron chi connectivity index (χ4n) is 6.00. The number of hydrogen-bond donors (Lipinski definition) is 2. The van der Waals surface area contributed by atoms with Gasteiger partial charge in [-0.15, -0.1) is 0 Å². The molecule has 0 saturated carbocycles. The zero-order valence-electron chi connectivity index (χ0n) is 23.9. The van der Waals surface area contributed by atoms with E-state index in [1.165, 1.54) is 18.2 Å². The number of halogens is 2. The van der Waals surface area contributed by atoms with Crippen molar-refractivity contribution in [2.75, 3.05) is 6.61 Å². The van der Waals surface area contributed by atoms with Gasteiger partial charge in [0.1, 0.15) is 17.4 Å². The molecule has 6 rings (SSSR count). The van der Waals surface area contributed by atoms with Crippen LogP contribution in [0, 0.1) is 18.6 Å². The molecule has 1 atom stereocenters. The molecule has 1 aliphatic rings. The summed E-state index contributed by atoms with van der Waals surface area (Å²) in [7, 11) is 0. The standard InChI is InChI=1S/C33H35F2N3O3/c1-19-28(26-10-6-16-38(26)37-19)29-25(35)15-14-24-23(31(36-30(24)29)32(39)41-33(2,3)4)9-7-17-40-27-11-5-8-20-18-21(34)12-13-22(20)27/h5,8,11-15,18,32,36,39H,6-7,9-10,16-17H2,1-4H3. The van der Waals surface area contributed by atoms with Gasteiger partial charge in [-0.2, -0.15) is 5.10 Å². The van der Waals surface area contributed by atoms with E-state index in [0.29, 0.717) is 42.0 Å². The number of aromatic amines is 1. The Balaban J connectivity index is 1.35. The monoisotopic (exact) mass is 559 g/mol. The summed E-state index contributed by atoms with van der Waals surface area (Å²) in [5, 5.41) is 18.3. The fourth-order valence-corrected chi connectivity index (χ4v) is 6.00. The SMILES string of the molecule is Cc1nn2c(c1-c1c(F)ccc3c(CCCOc4cccc5cc(F)ccc45)c(C(O)OC(C)(C)C)[nH]c13)CCC2. The van der Waals surface area contributed by atoms with Crippen molar-refractivity contribution in [3.8, 4) is 16.9 Å². The highest BCUT2D eigenvalue weighted by atomic mass is 19.1. The first-order valence-corrected chi connectivity index (χ1v) is 14.2. The van der Waals surface area contributed by atoms with Crippen LogP contribution in [0.3, 0.4) is 0 Å². The normalized spacial score (nSPS) is 14.2. The molecule has 8 heteroatoms. The minimum absolute atomic E-state index is 0.287. The minimum Gasteiger partial charge on any atom is -0.493 e. The van der Waals surface area contributed by atoms with Gasteiger partial charge in [0, 0.05) is 34.1 Å². The second kappa shape index (κ2) is 10.6. The summed E-state index contributed by atoms with van der Waals surface area (Å²) in [5.74, 6) is 0.0712. The van der Waals surface area contributed by atoms with Gasteiger partial charge in [-0.05, 0) is 101 Å². The summed E-state index contributed by atoms with van der Waals surface area (Å²) in [6.45, 7) is 8.80. The molecular formula is C33H35F2N3O3. The molecule has 6 nitrogen and oxygen atoms in total. The third-order valence-corrected chi connectivity index (χ3v) is 7.67. The Labute approximate surface area is 237 Å². The molecule has 0 fully saturated rings. The van der Waals surface area contributed by atoms with Crippen LogP contribution in [0.4, 0.5) is 8.78 Å². The van der Waals surface area contributed by atoms with Crippen molar-refractivity contribution in [3.05, 3.63) is 82.8 Å². The van der Waals surface area contributed by atoms with Crippen LogP contribution < -0.4 is 4.74 Å². The third-order valence-electron chi connectivity index (χ3n) is 7.67. The number of aromatic nitrogens is 3. The first-order valence-electron chi connectivity index (χ1n) is 14.2. The van der Waals surface area contributed by atoms with Crippen LogP contribution in [-0.2, 0) is 24.1 Å². The summed E-state index contributed by atoms with van der Waals surface area (Å²) >= 11 is 0. The van der Waals surface area contributed by atoms with Crippen LogP contribution in [0.2, 0.25) is 0 Å². The predicted molar refractivity (Wildman–Crippen MR) is 156 cm³/mol. The van der Waals surface area contributed by atoms with Gasteiger partial charge in [0.15, 0.2) is 6.29 Å². The van der Waals surface area contributed by atoms with Crippen LogP contribution in [0.5, 0.6) is 5.75 Å². The molecule has 0 spiro atoms. The first-order chi connectivity index (χ1) is 19.6.